The standard InChI is InChI=1S/C16H31NO3/c1-12-6-5-7-14(10-12)20-13(2)15(19)17-11-16(3,4)8-9-18/h12-14,18H,5-11H2,1-4H3,(H,17,19)/t12-,13+,14-/m1/s1. The Labute approximate surface area is 123 Å². The second-order valence-corrected chi connectivity index (χ2v) is 7.03. The predicted octanol–water partition coefficient (Wildman–Crippen LogP) is 2.50. The van der Waals surface area contributed by atoms with Crippen LogP contribution in [0.4, 0.5) is 0 Å². The molecule has 1 aliphatic carbocycles. The van der Waals surface area contributed by atoms with Gasteiger partial charge in [0.2, 0.25) is 5.91 Å². The van der Waals surface area contributed by atoms with Crippen molar-refractivity contribution < 1.29 is 14.6 Å². The van der Waals surface area contributed by atoms with Crippen LogP contribution in [0.15, 0.2) is 0 Å². The molecule has 4 nitrogen and oxygen atoms in total. The van der Waals surface area contributed by atoms with Gasteiger partial charge in [-0.2, -0.15) is 0 Å². The van der Waals surface area contributed by atoms with E-state index in [-0.39, 0.29) is 24.0 Å². The van der Waals surface area contributed by atoms with Gasteiger partial charge in [-0.05, 0) is 37.5 Å². The third kappa shape index (κ3) is 6.23. The van der Waals surface area contributed by atoms with E-state index in [2.05, 4.69) is 12.2 Å². The molecule has 2 N–H and O–H groups in total. The molecule has 0 aliphatic heterocycles. The van der Waals surface area contributed by atoms with E-state index in [1.807, 2.05) is 20.8 Å². The number of amides is 1. The van der Waals surface area contributed by atoms with Gasteiger partial charge in [0.1, 0.15) is 6.10 Å². The average molecular weight is 285 g/mol. The fraction of sp³-hybridized carbons (Fsp3) is 0.938. The summed E-state index contributed by atoms with van der Waals surface area (Å²) in [7, 11) is 0. The van der Waals surface area contributed by atoms with Gasteiger partial charge in [-0.1, -0.05) is 33.6 Å². The van der Waals surface area contributed by atoms with E-state index >= 15 is 0 Å². The zero-order valence-electron chi connectivity index (χ0n) is 13.4. The van der Waals surface area contributed by atoms with Crippen LogP contribution in [0.5, 0.6) is 0 Å². The largest absolute Gasteiger partial charge is 0.396 e. The molecule has 0 aromatic carbocycles. The molecule has 1 amide bonds. The van der Waals surface area contributed by atoms with E-state index in [9.17, 15) is 4.79 Å². The molecule has 0 saturated heterocycles. The third-order valence-electron chi connectivity index (χ3n) is 4.18. The highest BCUT2D eigenvalue weighted by Gasteiger charge is 2.25. The number of ether oxygens (including phenoxy) is 1. The molecule has 0 radical (unpaired) electrons. The number of carbonyl (C=O) groups is 1. The van der Waals surface area contributed by atoms with Gasteiger partial charge < -0.3 is 15.2 Å². The minimum Gasteiger partial charge on any atom is -0.396 e. The number of nitrogens with one attached hydrogen (secondary N) is 1. The summed E-state index contributed by atoms with van der Waals surface area (Å²) in [6.07, 6.45) is 5.12. The SMILES string of the molecule is C[C@@H]1CCC[C@@H](O[C@@H](C)C(=O)NCC(C)(C)CCO)C1. The molecule has 0 bridgehead atoms. The lowest BCUT2D eigenvalue weighted by Gasteiger charge is -2.30. The Morgan fingerprint density at radius 3 is 2.75 bits per heavy atom. The molecule has 1 saturated carbocycles. The van der Waals surface area contributed by atoms with Crippen LogP contribution in [-0.2, 0) is 9.53 Å². The highest BCUT2D eigenvalue weighted by atomic mass is 16.5. The van der Waals surface area contributed by atoms with Crippen LogP contribution in [0.2, 0.25) is 0 Å². The summed E-state index contributed by atoms with van der Waals surface area (Å²) in [5.41, 5.74) is -0.0799. The Bertz CT molecular complexity index is 304. The Morgan fingerprint density at radius 1 is 1.45 bits per heavy atom. The third-order valence-corrected chi connectivity index (χ3v) is 4.18. The minimum atomic E-state index is -0.393. The van der Waals surface area contributed by atoms with Gasteiger partial charge in [0.05, 0.1) is 6.10 Å². The summed E-state index contributed by atoms with van der Waals surface area (Å²) in [5, 5.41) is 11.9. The topological polar surface area (TPSA) is 58.6 Å². The molecule has 0 spiro atoms. The van der Waals surface area contributed by atoms with Crippen molar-refractivity contribution in [3.63, 3.8) is 0 Å². The number of rotatable bonds is 7. The number of aliphatic hydroxyl groups excluding tert-OH is 1. The predicted molar refractivity (Wildman–Crippen MR) is 80.5 cm³/mol. The van der Waals surface area contributed by atoms with E-state index in [0.717, 1.165) is 12.8 Å². The fourth-order valence-corrected chi connectivity index (χ4v) is 2.71. The lowest BCUT2D eigenvalue weighted by molar-refractivity contribution is -0.137. The first-order valence-corrected chi connectivity index (χ1v) is 7.88. The summed E-state index contributed by atoms with van der Waals surface area (Å²) in [5.74, 6) is 0.654. The molecule has 1 aliphatic rings. The fourth-order valence-electron chi connectivity index (χ4n) is 2.71. The quantitative estimate of drug-likeness (QED) is 0.755. The van der Waals surface area contributed by atoms with Crippen molar-refractivity contribution in [1.82, 2.24) is 5.32 Å². The maximum absolute atomic E-state index is 12.1. The molecule has 1 fully saturated rings. The molecule has 0 aromatic heterocycles. The van der Waals surface area contributed by atoms with Crippen LogP contribution in [0.1, 0.15) is 59.8 Å². The maximum Gasteiger partial charge on any atom is 0.248 e. The summed E-state index contributed by atoms with van der Waals surface area (Å²) < 4.78 is 5.89. The van der Waals surface area contributed by atoms with Crippen molar-refractivity contribution in [3.8, 4) is 0 Å². The van der Waals surface area contributed by atoms with Crippen LogP contribution in [0.3, 0.4) is 0 Å². The van der Waals surface area contributed by atoms with Crippen molar-refractivity contribution in [2.75, 3.05) is 13.2 Å². The van der Waals surface area contributed by atoms with Crippen LogP contribution >= 0.6 is 0 Å². The average Bonchev–Trinajstić information content (AvgIpc) is 2.36. The Kier molecular flexibility index (Phi) is 6.96. The molecule has 0 aromatic rings. The molecule has 3 atom stereocenters. The summed E-state index contributed by atoms with van der Waals surface area (Å²) >= 11 is 0. The van der Waals surface area contributed by atoms with Crippen molar-refractivity contribution in [2.24, 2.45) is 11.3 Å². The molecular formula is C16H31NO3. The van der Waals surface area contributed by atoms with Gasteiger partial charge in [-0.15, -0.1) is 0 Å². The lowest BCUT2D eigenvalue weighted by Crippen LogP contribution is -2.42. The number of carbonyl (C=O) groups excluding carboxylic acids is 1. The van der Waals surface area contributed by atoms with Gasteiger partial charge in [0.15, 0.2) is 0 Å². The Hall–Kier alpha value is -0.610. The van der Waals surface area contributed by atoms with E-state index in [4.69, 9.17) is 9.84 Å². The highest BCUT2D eigenvalue weighted by Crippen LogP contribution is 2.26. The second-order valence-electron chi connectivity index (χ2n) is 7.03. The zero-order valence-corrected chi connectivity index (χ0v) is 13.4. The first kappa shape index (κ1) is 17.4. The summed E-state index contributed by atoms with van der Waals surface area (Å²) in [6, 6.07) is 0. The highest BCUT2D eigenvalue weighted by molar-refractivity contribution is 5.80. The van der Waals surface area contributed by atoms with Gasteiger partial charge in [-0.3, -0.25) is 4.79 Å². The second kappa shape index (κ2) is 7.99. The van der Waals surface area contributed by atoms with Crippen LogP contribution < -0.4 is 5.32 Å². The molecule has 0 unspecified atom stereocenters. The monoisotopic (exact) mass is 285 g/mol. The molecule has 20 heavy (non-hydrogen) atoms. The zero-order chi connectivity index (χ0) is 15.2. The van der Waals surface area contributed by atoms with Crippen LogP contribution in [0.25, 0.3) is 0 Å². The van der Waals surface area contributed by atoms with Crippen molar-refractivity contribution in [1.29, 1.82) is 0 Å². The van der Waals surface area contributed by atoms with E-state index in [0.29, 0.717) is 18.9 Å². The van der Waals surface area contributed by atoms with Crippen LogP contribution in [-0.4, -0.2) is 36.4 Å². The Balaban J connectivity index is 2.31. The molecule has 118 valence electrons. The van der Waals surface area contributed by atoms with E-state index < -0.39 is 6.10 Å². The number of hydrogen-bond donors (Lipinski definition) is 2. The van der Waals surface area contributed by atoms with Gasteiger partial charge in [0.25, 0.3) is 0 Å². The van der Waals surface area contributed by atoms with Gasteiger partial charge in [0, 0.05) is 13.2 Å². The molecule has 1 rings (SSSR count). The number of hydrogen-bond acceptors (Lipinski definition) is 3. The minimum absolute atomic E-state index is 0.0470. The van der Waals surface area contributed by atoms with Gasteiger partial charge in [-0.25, -0.2) is 0 Å². The summed E-state index contributed by atoms with van der Waals surface area (Å²) in [6.45, 7) is 8.87. The van der Waals surface area contributed by atoms with Gasteiger partial charge >= 0.3 is 0 Å². The normalized spacial score (nSPS) is 25.2. The summed E-state index contributed by atoms with van der Waals surface area (Å²) in [4.78, 5) is 12.1. The van der Waals surface area contributed by atoms with E-state index in [1.54, 1.807) is 0 Å². The molecule has 4 heteroatoms. The van der Waals surface area contributed by atoms with E-state index in [1.165, 1.54) is 12.8 Å². The lowest BCUT2D eigenvalue weighted by atomic mass is 9.88. The van der Waals surface area contributed by atoms with Crippen molar-refractivity contribution in [3.05, 3.63) is 0 Å². The first-order chi connectivity index (χ1) is 9.34. The van der Waals surface area contributed by atoms with Crippen LogP contribution in [0, 0.1) is 11.3 Å². The number of aliphatic hydroxyl groups is 1. The first-order valence-electron chi connectivity index (χ1n) is 7.88. The molecular weight excluding hydrogens is 254 g/mol. The maximum atomic E-state index is 12.1. The molecule has 0 heterocycles. The smallest absolute Gasteiger partial charge is 0.248 e. The van der Waals surface area contributed by atoms with Crippen molar-refractivity contribution >= 4 is 5.91 Å². The van der Waals surface area contributed by atoms with Crippen molar-refractivity contribution in [2.45, 2.75) is 72.0 Å². The Morgan fingerprint density at radius 2 is 2.15 bits per heavy atom.